The summed E-state index contributed by atoms with van der Waals surface area (Å²) in [6.07, 6.45) is 0.292. The molecule has 0 aliphatic rings. The Hall–Kier alpha value is -1.67. The predicted molar refractivity (Wildman–Crippen MR) is 65.6 cm³/mol. The first kappa shape index (κ1) is 13.4. The Morgan fingerprint density at radius 3 is 2.65 bits per heavy atom. The molecule has 0 bridgehead atoms. The van der Waals surface area contributed by atoms with Crippen molar-refractivity contribution in [2.24, 2.45) is 0 Å². The van der Waals surface area contributed by atoms with E-state index in [0.29, 0.717) is 17.9 Å². The third kappa shape index (κ3) is 4.37. The molecule has 1 amide bonds. The molecule has 17 heavy (non-hydrogen) atoms. The van der Waals surface area contributed by atoms with E-state index in [1.165, 1.54) is 4.90 Å². The number of nitrogens with zero attached hydrogens (tertiary/aromatic N) is 2. The van der Waals surface area contributed by atoms with Crippen molar-refractivity contribution in [3.8, 4) is 6.07 Å². The van der Waals surface area contributed by atoms with Gasteiger partial charge in [-0.05, 0) is 12.1 Å². The molecule has 0 saturated heterocycles. The molecular formula is C12H14N2O2S. The van der Waals surface area contributed by atoms with Crippen LogP contribution in [0.1, 0.15) is 6.42 Å². The number of rotatable bonds is 5. The molecule has 1 rings (SSSR count). The quantitative estimate of drug-likeness (QED) is 0.788. The standard InChI is InChI=1S/C12H14N2O2S/c1-14(9-5-8-13)12(15)10-17(16)11-6-3-2-4-7-11/h2-4,6-7H,5,9-10H2,1H3. The van der Waals surface area contributed by atoms with E-state index in [4.69, 9.17) is 5.26 Å². The maximum atomic E-state index is 11.8. The summed E-state index contributed by atoms with van der Waals surface area (Å²) in [6, 6.07) is 10.9. The molecule has 0 saturated carbocycles. The molecule has 0 aliphatic heterocycles. The smallest absolute Gasteiger partial charge is 0.235 e. The Labute approximate surface area is 103 Å². The Morgan fingerprint density at radius 2 is 2.06 bits per heavy atom. The van der Waals surface area contributed by atoms with Gasteiger partial charge in [0.15, 0.2) is 0 Å². The molecule has 0 aliphatic carbocycles. The zero-order valence-electron chi connectivity index (χ0n) is 9.63. The van der Waals surface area contributed by atoms with Crippen LogP contribution in [0.3, 0.4) is 0 Å². The van der Waals surface area contributed by atoms with E-state index in [0.717, 1.165) is 0 Å². The summed E-state index contributed by atoms with van der Waals surface area (Å²) in [4.78, 5) is 13.7. The van der Waals surface area contributed by atoms with Crippen molar-refractivity contribution in [2.45, 2.75) is 11.3 Å². The Bertz CT molecular complexity index is 440. The summed E-state index contributed by atoms with van der Waals surface area (Å²) < 4.78 is 11.8. The minimum atomic E-state index is -1.31. The van der Waals surface area contributed by atoms with Crippen LogP contribution in [0.4, 0.5) is 0 Å². The summed E-state index contributed by atoms with van der Waals surface area (Å²) in [6.45, 7) is 0.376. The van der Waals surface area contributed by atoms with Crippen molar-refractivity contribution in [2.75, 3.05) is 19.3 Å². The topological polar surface area (TPSA) is 61.2 Å². The highest BCUT2D eigenvalue weighted by atomic mass is 32.2. The SMILES string of the molecule is CN(CCC#N)C(=O)CS(=O)c1ccccc1. The van der Waals surface area contributed by atoms with Crippen LogP contribution in [0, 0.1) is 11.3 Å². The molecule has 1 atom stereocenters. The van der Waals surface area contributed by atoms with Gasteiger partial charge in [-0.15, -0.1) is 0 Å². The van der Waals surface area contributed by atoms with Gasteiger partial charge in [-0.2, -0.15) is 5.26 Å². The first-order chi connectivity index (χ1) is 8.15. The molecule has 1 aromatic rings. The first-order valence-corrected chi connectivity index (χ1v) is 6.51. The number of carbonyl (C=O) groups is 1. The van der Waals surface area contributed by atoms with Crippen LogP contribution in [0.5, 0.6) is 0 Å². The molecule has 0 N–H and O–H groups in total. The zero-order valence-corrected chi connectivity index (χ0v) is 10.4. The van der Waals surface area contributed by atoms with Crippen molar-refractivity contribution in [1.29, 1.82) is 5.26 Å². The van der Waals surface area contributed by atoms with Crippen LogP contribution in [0.2, 0.25) is 0 Å². The average molecular weight is 250 g/mol. The Balaban J connectivity index is 2.52. The molecule has 0 fully saturated rings. The van der Waals surface area contributed by atoms with E-state index >= 15 is 0 Å². The lowest BCUT2D eigenvalue weighted by Crippen LogP contribution is -2.31. The Morgan fingerprint density at radius 1 is 1.41 bits per heavy atom. The van der Waals surface area contributed by atoms with Gasteiger partial charge >= 0.3 is 0 Å². The van der Waals surface area contributed by atoms with Gasteiger partial charge in [-0.25, -0.2) is 0 Å². The van der Waals surface area contributed by atoms with E-state index in [2.05, 4.69) is 0 Å². The van der Waals surface area contributed by atoms with Crippen LogP contribution < -0.4 is 0 Å². The summed E-state index contributed by atoms with van der Waals surface area (Å²) >= 11 is 0. The van der Waals surface area contributed by atoms with Gasteiger partial charge in [0, 0.05) is 18.5 Å². The van der Waals surface area contributed by atoms with E-state index < -0.39 is 10.8 Å². The fourth-order valence-electron chi connectivity index (χ4n) is 1.22. The van der Waals surface area contributed by atoms with Crippen molar-refractivity contribution in [3.05, 3.63) is 30.3 Å². The number of hydrogen-bond acceptors (Lipinski definition) is 3. The number of hydrogen-bond donors (Lipinski definition) is 0. The van der Waals surface area contributed by atoms with Gasteiger partial charge < -0.3 is 4.90 Å². The van der Waals surface area contributed by atoms with Crippen molar-refractivity contribution in [3.63, 3.8) is 0 Å². The second kappa shape index (κ2) is 6.81. The minimum Gasteiger partial charge on any atom is -0.344 e. The third-order valence-electron chi connectivity index (χ3n) is 2.25. The fraction of sp³-hybridized carbons (Fsp3) is 0.333. The van der Waals surface area contributed by atoms with Crippen LogP contribution in [0.15, 0.2) is 35.2 Å². The predicted octanol–water partition coefficient (Wildman–Crippen LogP) is 1.17. The summed E-state index contributed by atoms with van der Waals surface area (Å²) in [5.74, 6) is -0.242. The highest BCUT2D eigenvalue weighted by molar-refractivity contribution is 7.85. The highest BCUT2D eigenvalue weighted by Gasteiger charge is 2.13. The van der Waals surface area contributed by atoms with Gasteiger partial charge in [0.05, 0.1) is 23.3 Å². The monoisotopic (exact) mass is 250 g/mol. The van der Waals surface area contributed by atoms with Crippen molar-refractivity contribution >= 4 is 16.7 Å². The fourth-order valence-corrected chi connectivity index (χ4v) is 2.29. The molecule has 0 heterocycles. The van der Waals surface area contributed by atoms with Crippen molar-refractivity contribution < 1.29 is 9.00 Å². The second-order valence-electron chi connectivity index (χ2n) is 3.53. The van der Waals surface area contributed by atoms with Gasteiger partial charge in [0.1, 0.15) is 5.75 Å². The number of benzene rings is 1. The maximum absolute atomic E-state index is 11.8. The van der Waals surface area contributed by atoms with E-state index in [1.807, 2.05) is 12.1 Å². The lowest BCUT2D eigenvalue weighted by atomic mass is 10.4. The van der Waals surface area contributed by atoms with Gasteiger partial charge in [-0.3, -0.25) is 9.00 Å². The van der Waals surface area contributed by atoms with E-state index in [1.54, 1.807) is 31.3 Å². The van der Waals surface area contributed by atoms with Gasteiger partial charge in [-0.1, -0.05) is 18.2 Å². The normalized spacial score (nSPS) is 11.5. The summed E-state index contributed by atoms with van der Waals surface area (Å²) in [5, 5.41) is 8.41. The molecule has 1 aromatic carbocycles. The van der Waals surface area contributed by atoms with Gasteiger partial charge in [0.2, 0.25) is 5.91 Å². The zero-order chi connectivity index (χ0) is 12.7. The number of nitriles is 1. The molecule has 0 radical (unpaired) electrons. The maximum Gasteiger partial charge on any atom is 0.235 e. The molecule has 5 heteroatoms. The summed E-state index contributed by atoms with van der Waals surface area (Å²) in [5.41, 5.74) is 0. The molecular weight excluding hydrogens is 236 g/mol. The first-order valence-electron chi connectivity index (χ1n) is 5.19. The van der Waals surface area contributed by atoms with Crippen molar-refractivity contribution in [1.82, 2.24) is 4.90 Å². The molecule has 0 aromatic heterocycles. The Kier molecular flexibility index (Phi) is 5.37. The van der Waals surface area contributed by atoms with Crippen LogP contribution >= 0.6 is 0 Å². The third-order valence-corrected chi connectivity index (χ3v) is 3.55. The minimum absolute atomic E-state index is 0.0358. The van der Waals surface area contributed by atoms with E-state index in [9.17, 15) is 9.00 Å². The number of amides is 1. The van der Waals surface area contributed by atoms with Crippen LogP contribution in [-0.2, 0) is 15.6 Å². The molecule has 0 spiro atoms. The lowest BCUT2D eigenvalue weighted by molar-refractivity contribution is -0.127. The molecule has 1 unspecified atom stereocenters. The van der Waals surface area contributed by atoms with Gasteiger partial charge in [0.25, 0.3) is 0 Å². The van der Waals surface area contributed by atoms with Crippen LogP contribution in [0.25, 0.3) is 0 Å². The summed E-state index contributed by atoms with van der Waals surface area (Å²) in [7, 11) is 0.299. The second-order valence-corrected chi connectivity index (χ2v) is 4.98. The molecule has 4 nitrogen and oxygen atoms in total. The number of carbonyl (C=O) groups excluding carboxylic acids is 1. The molecule has 90 valence electrons. The largest absolute Gasteiger partial charge is 0.344 e. The highest BCUT2D eigenvalue weighted by Crippen LogP contribution is 2.06. The lowest BCUT2D eigenvalue weighted by Gasteiger charge is -2.14. The van der Waals surface area contributed by atoms with Crippen LogP contribution in [-0.4, -0.2) is 34.4 Å². The van der Waals surface area contributed by atoms with E-state index in [-0.39, 0.29) is 11.7 Å². The average Bonchev–Trinajstić information content (AvgIpc) is 2.36.